The molecule has 0 aromatic rings. The molecule has 0 unspecified atom stereocenters. The largest absolute Gasteiger partial charge is 1.00 e. The molecule has 15 heavy (non-hydrogen) atoms. The summed E-state index contributed by atoms with van der Waals surface area (Å²) in [4.78, 5) is 0. The fraction of sp³-hybridized carbons (Fsp3) is 0.900. The zero-order chi connectivity index (χ0) is 11.2. The second kappa shape index (κ2) is 8.43. The molecule has 0 rings (SSSR count). The molecule has 0 aromatic carbocycles. The summed E-state index contributed by atoms with van der Waals surface area (Å²) in [6, 6.07) is 0. The van der Waals surface area contributed by atoms with E-state index in [0.717, 1.165) is 5.71 Å². The van der Waals surface area contributed by atoms with Crippen LogP contribution in [0.1, 0.15) is 20.8 Å². The van der Waals surface area contributed by atoms with Crippen molar-refractivity contribution in [2.45, 2.75) is 27.1 Å². The van der Waals surface area contributed by atoms with E-state index in [-0.39, 0.29) is 30.3 Å². The van der Waals surface area contributed by atoms with Crippen molar-refractivity contribution < 1.29 is 38.0 Å². The maximum atomic E-state index is 5.43. The number of rotatable bonds is 6. The van der Waals surface area contributed by atoms with Crippen molar-refractivity contribution >= 4 is 5.71 Å². The SMILES string of the molecule is CCOC(OCC)/C(C)=N/[N+](C)(C)C.[I-]. The molecule has 0 N–H and O–H groups in total. The standard InChI is InChI=1S/C10H23N2O2.HI/c1-7-13-10(14-8-2)9(3)11-12(4,5)6;/h10H,7-8H2,1-6H3;1H/q+1;/p-1/b11-9+;. The van der Waals surface area contributed by atoms with Crippen LogP contribution in [0, 0.1) is 0 Å². The molecule has 0 aliphatic rings. The van der Waals surface area contributed by atoms with Crippen LogP contribution >= 0.6 is 0 Å². The van der Waals surface area contributed by atoms with Crippen molar-refractivity contribution in [2.75, 3.05) is 34.4 Å². The van der Waals surface area contributed by atoms with Crippen LogP contribution in [0.2, 0.25) is 0 Å². The van der Waals surface area contributed by atoms with Crippen LogP contribution in [0.25, 0.3) is 0 Å². The molecule has 0 saturated heterocycles. The fourth-order valence-corrected chi connectivity index (χ4v) is 1.11. The molecule has 0 amide bonds. The number of hydrogen-bond donors (Lipinski definition) is 0. The quantitative estimate of drug-likeness (QED) is 0.195. The molecule has 92 valence electrons. The van der Waals surface area contributed by atoms with E-state index in [1.54, 1.807) is 0 Å². The predicted molar refractivity (Wildman–Crippen MR) is 58.2 cm³/mol. The number of quaternary nitrogens is 1. The third-order valence-corrected chi connectivity index (χ3v) is 1.43. The van der Waals surface area contributed by atoms with E-state index >= 15 is 0 Å². The lowest BCUT2D eigenvalue weighted by molar-refractivity contribution is -0.877. The lowest BCUT2D eigenvalue weighted by Gasteiger charge is -2.21. The molecule has 0 fully saturated rings. The van der Waals surface area contributed by atoms with Gasteiger partial charge >= 0.3 is 0 Å². The van der Waals surface area contributed by atoms with Gasteiger partial charge < -0.3 is 33.5 Å². The molecule has 0 radical (unpaired) electrons. The van der Waals surface area contributed by atoms with Gasteiger partial charge in [0, 0.05) is 13.2 Å². The molecule has 4 nitrogen and oxygen atoms in total. The molecule has 0 atom stereocenters. The Kier molecular flexibility index (Phi) is 9.93. The van der Waals surface area contributed by atoms with E-state index in [1.165, 1.54) is 0 Å². The van der Waals surface area contributed by atoms with Crippen molar-refractivity contribution in [1.29, 1.82) is 0 Å². The highest BCUT2D eigenvalue weighted by Crippen LogP contribution is 2.02. The van der Waals surface area contributed by atoms with E-state index in [0.29, 0.717) is 17.8 Å². The number of nitrogens with zero attached hydrogens (tertiary/aromatic N) is 2. The van der Waals surface area contributed by atoms with E-state index in [2.05, 4.69) is 5.10 Å². The van der Waals surface area contributed by atoms with Gasteiger partial charge in [0.25, 0.3) is 0 Å². The van der Waals surface area contributed by atoms with Crippen LogP contribution in [0.5, 0.6) is 0 Å². The van der Waals surface area contributed by atoms with Gasteiger partial charge in [0.1, 0.15) is 5.71 Å². The molecular formula is C10H23IN2O2. The molecule has 0 spiro atoms. The highest BCUT2D eigenvalue weighted by Gasteiger charge is 2.16. The summed E-state index contributed by atoms with van der Waals surface area (Å²) in [6.07, 6.45) is -0.303. The summed E-state index contributed by atoms with van der Waals surface area (Å²) in [7, 11) is 6.00. The number of hydrogen-bond acceptors (Lipinski definition) is 3. The van der Waals surface area contributed by atoms with Crippen molar-refractivity contribution in [1.82, 2.24) is 0 Å². The number of ether oxygens (including phenoxy) is 2. The molecular weight excluding hydrogens is 307 g/mol. The summed E-state index contributed by atoms with van der Waals surface area (Å²) in [6.45, 7) is 7.10. The Morgan fingerprint density at radius 3 is 1.80 bits per heavy atom. The normalized spacial score (nSPS) is 12.9. The van der Waals surface area contributed by atoms with Gasteiger partial charge in [0.2, 0.25) is 6.29 Å². The summed E-state index contributed by atoms with van der Waals surface area (Å²) in [5.74, 6) is 0. The first kappa shape index (κ1) is 17.7. The van der Waals surface area contributed by atoms with Crippen LogP contribution in [-0.2, 0) is 9.47 Å². The molecule has 0 bridgehead atoms. The van der Waals surface area contributed by atoms with Crippen LogP contribution in [0.4, 0.5) is 0 Å². The Hall–Kier alpha value is 0.280. The van der Waals surface area contributed by atoms with Crippen molar-refractivity contribution in [3.05, 3.63) is 0 Å². The third-order valence-electron chi connectivity index (χ3n) is 1.43. The lowest BCUT2D eigenvalue weighted by Crippen LogP contribution is -3.00. The Morgan fingerprint density at radius 1 is 1.13 bits per heavy atom. The predicted octanol–water partition coefficient (Wildman–Crippen LogP) is -1.53. The minimum atomic E-state index is -0.303. The molecule has 5 heteroatoms. The van der Waals surface area contributed by atoms with Crippen LogP contribution in [-0.4, -0.2) is 51.0 Å². The van der Waals surface area contributed by atoms with Gasteiger partial charge in [-0.1, -0.05) is 5.10 Å². The zero-order valence-electron chi connectivity index (χ0n) is 10.6. The molecule has 0 aliphatic carbocycles. The van der Waals surface area contributed by atoms with Crippen molar-refractivity contribution in [3.8, 4) is 0 Å². The highest BCUT2D eigenvalue weighted by molar-refractivity contribution is 5.84. The van der Waals surface area contributed by atoms with Gasteiger partial charge in [-0.05, 0) is 20.8 Å². The first-order valence-corrected chi connectivity index (χ1v) is 5.02. The van der Waals surface area contributed by atoms with Crippen LogP contribution < -0.4 is 24.0 Å². The second-order valence-electron chi connectivity index (χ2n) is 3.93. The topological polar surface area (TPSA) is 30.8 Å². The Morgan fingerprint density at radius 2 is 1.53 bits per heavy atom. The molecule has 0 aromatic heterocycles. The third kappa shape index (κ3) is 9.22. The Labute approximate surface area is 110 Å². The van der Waals surface area contributed by atoms with Gasteiger partial charge in [0.15, 0.2) is 0 Å². The average molecular weight is 330 g/mol. The van der Waals surface area contributed by atoms with Crippen LogP contribution in [0.15, 0.2) is 5.10 Å². The summed E-state index contributed by atoms with van der Waals surface area (Å²) in [5.41, 5.74) is 0.876. The minimum absolute atomic E-state index is 0. The van der Waals surface area contributed by atoms with Crippen molar-refractivity contribution in [2.24, 2.45) is 5.10 Å². The van der Waals surface area contributed by atoms with Gasteiger partial charge in [-0.25, -0.2) is 4.59 Å². The van der Waals surface area contributed by atoms with E-state index in [4.69, 9.17) is 9.47 Å². The molecule has 0 heterocycles. The summed E-state index contributed by atoms with van der Waals surface area (Å²) < 4.78 is 11.4. The summed E-state index contributed by atoms with van der Waals surface area (Å²) in [5, 5.41) is 4.45. The molecule has 0 saturated carbocycles. The monoisotopic (exact) mass is 330 g/mol. The smallest absolute Gasteiger partial charge is 0.202 e. The Balaban J connectivity index is 0. The van der Waals surface area contributed by atoms with Crippen LogP contribution in [0.3, 0.4) is 0 Å². The highest BCUT2D eigenvalue weighted by atomic mass is 127. The first-order chi connectivity index (χ1) is 6.40. The molecule has 0 aliphatic heterocycles. The fourth-order valence-electron chi connectivity index (χ4n) is 1.11. The number of halogens is 1. The van der Waals surface area contributed by atoms with Crippen molar-refractivity contribution in [3.63, 3.8) is 0 Å². The van der Waals surface area contributed by atoms with E-state index < -0.39 is 0 Å². The minimum Gasteiger partial charge on any atom is -1.00 e. The first-order valence-electron chi connectivity index (χ1n) is 5.02. The van der Waals surface area contributed by atoms with Gasteiger partial charge in [0.05, 0.1) is 21.1 Å². The maximum Gasteiger partial charge on any atom is 0.202 e. The van der Waals surface area contributed by atoms with Gasteiger partial charge in [-0.15, -0.1) is 0 Å². The van der Waals surface area contributed by atoms with E-state index in [9.17, 15) is 0 Å². The summed E-state index contributed by atoms with van der Waals surface area (Å²) >= 11 is 0. The zero-order valence-corrected chi connectivity index (χ0v) is 12.7. The maximum absolute atomic E-state index is 5.43. The average Bonchev–Trinajstić information content (AvgIpc) is 2.01. The van der Waals surface area contributed by atoms with Gasteiger partial charge in [-0.3, -0.25) is 0 Å². The van der Waals surface area contributed by atoms with Gasteiger partial charge in [-0.2, -0.15) is 0 Å². The second-order valence-corrected chi connectivity index (χ2v) is 3.93. The Bertz CT molecular complexity index is 184. The van der Waals surface area contributed by atoms with E-state index in [1.807, 2.05) is 41.9 Å². The lowest BCUT2D eigenvalue weighted by atomic mass is 10.4.